The van der Waals surface area contributed by atoms with E-state index in [0.29, 0.717) is 0 Å². The van der Waals surface area contributed by atoms with Crippen LogP contribution in [0.1, 0.15) is 0 Å². The quantitative estimate of drug-likeness (QED) is 0.556. The summed E-state index contributed by atoms with van der Waals surface area (Å²) in [4.78, 5) is 11.9. The van der Waals surface area contributed by atoms with Crippen LogP contribution in [0.2, 0.25) is 0 Å². The van der Waals surface area contributed by atoms with E-state index < -0.39 is 0 Å². The highest BCUT2D eigenvalue weighted by atomic mass is 127. The fourth-order valence-electron chi connectivity index (χ4n) is 0.303. The third-order valence-corrected chi connectivity index (χ3v) is 2.00. The molecule has 0 aliphatic rings. The Morgan fingerprint density at radius 2 is 0.889 bits per heavy atom. The van der Waals surface area contributed by atoms with Crippen LogP contribution in [0.25, 0.3) is 0 Å². The predicted octanol–water partition coefficient (Wildman–Crippen LogP) is 1.69. The fraction of sp³-hybridized carbons (Fsp3) is 0. The Labute approximate surface area is 92.9 Å². The molecule has 1 rings (SSSR count). The maximum Gasteiger partial charge on any atom is 0.195 e. The number of rotatable bonds is 0. The third kappa shape index (κ3) is 2.74. The summed E-state index contributed by atoms with van der Waals surface area (Å²) in [5.74, 6) is 0. The topological polar surface area (TPSA) is 38.7 Å². The van der Waals surface area contributed by atoms with E-state index in [1.807, 2.05) is 0 Å². The van der Waals surface area contributed by atoms with Crippen molar-refractivity contribution in [3.05, 3.63) is 11.5 Å². The fourth-order valence-corrected chi connectivity index (χ4v) is 3.06. The summed E-state index contributed by atoms with van der Waals surface area (Å²) < 4.78 is 2.24. The van der Waals surface area contributed by atoms with Crippen molar-refractivity contribution in [2.45, 2.75) is 0 Å². The molecule has 3 nitrogen and oxygen atoms in total. The standard InChI is InChI=1S/C3I3N3/c4-1-7-2(5)9-3(6)8-1. The van der Waals surface area contributed by atoms with Gasteiger partial charge in [-0.2, -0.15) is 15.0 Å². The van der Waals surface area contributed by atoms with Gasteiger partial charge in [-0.3, -0.25) is 0 Å². The number of halogens is 3. The molecule has 1 aromatic heterocycles. The molecule has 0 spiro atoms. The van der Waals surface area contributed by atoms with Gasteiger partial charge in [-0.15, -0.1) is 0 Å². The van der Waals surface area contributed by atoms with Crippen LogP contribution in [0, 0.1) is 11.5 Å². The molecule has 0 atom stereocenters. The minimum Gasteiger partial charge on any atom is -0.197 e. The lowest BCUT2D eigenvalue weighted by Crippen LogP contribution is -1.97. The van der Waals surface area contributed by atoms with Crippen molar-refractivity contribution < 1.29 is 0 Å². The first-order valence-electron chi connectivity index (χ1n) is 1.91. The average molecular weight is 459 g/mol. The van der Waals surface area contributed by atoms with Crippen molar-refractivity contribution >= 4 is 67.8 Å². The first kappa shape index (κ1) is 8.30. The summed E-state index contributed by atoms with van der Waals surface area (Å²) in [6.45, 7) is 0. The Bertz CT molecular complexity index is 175. The molecule has 0 aliphatic carbocycles. The Kier molecular flexibility index (Phi) is 3.27. The lowest BCUT2D eigenvalue weighted by molar-refractivity contribution is 0.932. The van der Waals surface area contributed by atoms with Gasteiger partial charge in [0.25, 0.3) is 0 Å². The summed E-state index contributed by atoms with van der Waals surface area (Å²) in [6.07, 6.45) is 0. The molecule has 0 bridgehead atoms. The molecule has 6 heteroatoms. The van der Waals surface area contributed by atoms with Gasteiger partial charge in [0.15, 0.2) is 11.5 Å². The molecular formula is C3I3N3. The zero-order chi connectivity index (χ0) is 6.85. The zero-order valence-electron chi connectivity index (χ0n) is 3.98. The Morgan fingerprint density at radius 1 is 0.667 bits per heavy atom. The summed E-state index contributed by atoms with van der Waals surface area (Å²) in [6, 6.07) is 0. The molecule has 0 amide bonds. The largest absolute Gasteiger partial charge is 0.197 e. The van der Waals surface area contributed by atoms with Crippen LogP contribution in [-0.4, -0.2) is 15.0 Å². The lowest BCUT2D eigenvalue weighted by Gasteiger charge is -1.90. The second-order valence-electron chi connectivity index (χ2n) is 1.14. The summed E-state index contributed by atoms with van der Waals surface area (Å²) >= 11 is 6.18. The molecular weight excluding hydrogens is 459 g/mol. The van der Waals surface area contributed by atoms with Crippen molar-refractivity contribution in [3.8, 4) is 0 Å². The SMILES string of the molecule is Ic1nc(I)nc(I)n1. The molecule has 1 heterocycles. The van der Waals surface area contributed by atoms with Crippen LogP contribution in [0.15, 0.2) is 0 Å². The normalized spacial score (nSPS) is 9.67. The van der Waals surface area contributed by atoms with Gasteiger partial charge in [0.05, 0.1) is 0 Å². The van der Waals surface area contributed by atoms with E-state index in [1.165, 1.54) is 0 Å². The molecule has 0 N–H and O–H groups in total. The highest BCUT2D eigenvalue weighted by Gasteiger charge is 1.96. The van der Waals surface area contributed by atoms with Crippen LogP contribution in [-0.2, 0) is 0 Å². The number of hydrogen-bond donors (Lipinski definition) is 0. The van der Waals surface area contributed by atoms with Gasteiger partial charge in [0, 0.05) is 67.8 Å². The van der Waals surface area contributed by atoms with Crippen molar-refractivity contribution in [2.24, 2.45) is 0 Å². The number of nitrogens with zero attached hydrogens (tertiary/aromatic N) is 3. The van der Waals surface area contributed by atoms with Crippen LogP contribution in [0.4, 0.5) is 0 Å². The van der Waals surface area contributed by atoms with Gasteiger partial charge in [0.1, 0.15) is 0 Å². The second kappa shape index (κ2) is 3.55. The zero-order valence-corrected chi connectivity index (χ0v) is 10.4. The summed E-state index contributed by atoms with van der Waals surface area (Å²) in [5.41, 5.74) is 0. The molecule has 0 aliphatic heterocycles. The smallest absolute Gasteiger partial charge is 0.195 e. The predicted molar refractivity (Wildman–Crippen MR) is 58.0 cm³/mol. The Balaban J connectivity index is 3.17. The Morgan fingerprint density at radius 3 is 1.11 bits per heavy atom. The molecule has 0 saturated heterocycles. The van der Waals surface area contributed by atoms with E-state index in [1.54, 1.807) is 0 Å². The van der Waals surface area contributed by atoms with E-state index in [4.69, 9.17) is 0 Å². The van der Waals surface area contributed by atoms with E-state index in [0.717, 1.165) is 11.5 Å². The number of aromatic nitrogens is 3. The summed E-state index contributed by atoms with van der Waals surface area (Å²) in [5, 5.41) is 0. The summed E-state index contributed by atoms with van der Waals surface area (Å²) in [7, 11) is 0. The van der Waals surface area contributed by atoms with Gasteiger partial charge in [-0.25, -0.2) is 0 Å². The van der Waals surface area contributed by atoms with Crippen LogP contribution in [0.5, 0.6) is 0 Å². The van der Waals surface area contributed by atoms with E-state index >= 15 is 0 Å². The lowest BCUT2D eigenvalue weighted by atomic mass is 11.1. The van der Waals surface area contributed by atoms with Crippen molar-refractivity contribution in [1.29, 1.82) is 0 Å². The van der Waals surface area contributed by atoms with Gasteiger partial charge in [-0.05, 0) is 0 Å². The number of hydrogen-bond acceptors (Lipinski definition) is 3. The molecule has 1 aromatic rings. The highest BCUT2D eigenvalue weighted by molar-refractivity contribution is 14.1. The van der Waals surface area contributed by atoms with Crippen molar-refractivity contribution in [1.82, 2.24) is 15.0 Å². The molecule has 0 unspecified atom stereocenters. The molecule has 0 radical (unpaired) electrons. The molecule has 48 valence electrons. The molecule has 0 fully saturated rings. The monoisotopic (exact) mass is 459 g/mol. The molecule has 0 saturated carbocycles. The van der Waals surface area contributed by atoms with Gasteiger partial charge >= 0.3 is 0 Å². The first-order chi connectivity index (χ1) is 4.18. The molecule has 9 heavy (non-hydrogen) atoms. The van der Waals surface area contributed by atoms with Crippen LogP contribution in [0.3, 0.4) is 0 Å². The Hall–Kier alpha value is 1.20. The van der Waals surface area contributed by atoms with Crippen LogP contribution < -0.4 is 0 Å². The van der Waals surface area contributed by atoms with Crippen molar-refractivity contribution in [2.75, 3.05) is 0 Å². The highest BCUT2D eigenvalue weighted by Crippen LogP contribution is 2.03. The van der Waals surface area contributed by atoms with E-state index in [2.05, 4.69) is 82.7 Å². The minimum absolute atomic E-state index is 0.747. The maximum absolute atomic E-state index is 3.98. The van der Waals surface area contributed by atoms with E-state index in [9.17, 15) is 0 Å². The van der Waals surface area contributed by atoms with Crippen molar-refractivity contribution in [3.63, 3.8) is 0 Å². The second-order valence-corrected chi connectivity index (χ2v) is 4.04. The van der Waals surface area contributed by atoms with E-state index in [-0.39, 0.29) is 0 Å². The first-order valence-corrected chi connectivity index (χ1v) is 5.14. The van der Waals surface area contributed by atoms with Gasteiger partial charge in [-0.1, -0.05) is 0 Å². The maximum atomic E-state index is 3.98. The van der Waals surface area contributed by atoms with Crippen LogP contribution >= 0.6 is 67.8 Å². The third-order valence-electron chi connectivity index (χ3n) is 0.554. The van der Waals surface area contributed by atoms with Gasteiger partial charge < -0.3 is 0 Å². The minimum atomic E-state index is 0.747. The van der Waals surface area contributed by atoms with Gasteiger partial charge in [0.2, 0.25) is 0 Å². The molecule has 0 aromatic carbocycles. The average Bonchev–Trinajstić information content (AvgIpc) is 1.59.